The monoisotopic (exact) mass is 564 g/mol. The van der Waals surface area contributed by atoms with Crippen molar-refractivity contribution >= 4 is 17.9 Å². The number of unbranched alkanes of at least 4 members (excludes halogenated alkanes) is 3. The number of carbonyl (C=O) groups is 2. The molecule has 0 fully saturated rings. The number of para-hydroxylation sites is 1. The zero-order chi connectivity index (χ0) is 30.2. The Labute approximate surface area is 249 Å². The second-order valence-corrected chi connectivity index (χ2v) is 11.2. The summed E-state index contributed by atoms with van der Waals surface area (Å²) in [5, 5.41) is 14.8. The summed E-state index contributed by atoms with van der Waals surface area (Å²) >= 11 is 0. The molecular formula is C35H40N4O3. The summed E-state index contributed by atoms with van der Waals surface area (Å²) in [5.41, 5.74) is 4.88. The lowest BCUT2D eigenvalue weighted by Crippen LogP contribution is -2.43. The van der Waals surface area contributed by atoms with E-state index in [1.165, 1.54) is 4.90 Å². The number of aromatic nitrogens is 2. The molecule has 0 saturated heterocycles. The standard InChI is InChI=1S/C35H40N4O3/c1-6-7-8-12-18-38-34(40)30(26(5)31(22-36)35(38)41)21-28-23-39(29-13-10-9-11-14-29)37-33(28)27-15-16-32(25(4)20-27)42-19-17-24(2)3/h9-11,13-16,20-21,23-24H,6-8,12,17-19H2,1-5H3/b30-21+. The van der Waals surface area contributed by atoms with Crippen molar-refractivity contribution < 1.29 is 14.3 Å². The highest BCUT2D eigenvalue weighted by atomic mass is 16.5. The van der Waals surface area contributed by atoms with Crippen LogP contribution in [0.3, 0.4) is 0 Å². The minimum Gasteiger partial charge on any atom is -0.493 e. The van der Waals surface area contributed by atoms with Crippen LogP contribution in [0.2, 0.25) is 0 Å². The van der Waals surface area contributed by atoms with Crippen molar-refractivity contribution in [1.29, 1.82) is 5.26 Å². The predicted molar refractivity (Wildman–Crippen MR) is 166 cm³/mol. The first-order valence-corrected chi connectivity index (χ1v) is 14.8. The van der Waals surface area contributed by atoms with Crippen LogP contribution in [-0.2, 0) is 9.59 Å². The zero-order valence-corrected chi connectivity index (χ0v) is 25.3. The number of nitriles is 1. The van der Waals surface area contributed by atoms with E-state index in [-0.39, 0.29) is 11.5 Å². The molecule has 2 aromatic carbocycles. The maximum absolute atomic E-state index is 13.7. The Balaban J connectivity index is 1.78. The van der Waals surface area contributed by atoms with Gasteiger partial charge in [0.1, 0.15) is 17.4 Å². The van der Waals surface area contributed by atoms with Crippen LogP contribution in [0.4, 0.5) is 0 Å². The van der Waals surface area contributed by atoms with Gasteiger partial charge in [-0.15, -0.1) is 0 Å². The molecule has 218 valence electrons. The number of imide groups is 1. The number of benzene rings is 2. The largest absolute Gasteiger partial charge is 0.493 e. The summed E-state index contributed by atoms with van der Waals surface area (Å²) in [6.07, 6.45) is 8.33. The van der Waals surface area contributed by atoms with E-state index >= 15 is 0 Å². The number of hydrogen-bond donors (Lipinski definition) is 0. The molecule has 0 bridgehead atoms. The first kappa shape index (κ1) is 30.5. The van der Waals surface area contributed by atoms with Gasteiger partial charge in [-0.05, 0) is 80.2 Å². The first-order chi connectivity index (χ1) is 20.2. The van der Waals surface area contributed by atoms with Gasteiger partial charge in [-0.3, -0.25) is 14.5 Å². The van der Waals surface area contributed by atoms with Crippen LogP contribution in [0, 0.1) is 24.2 Å². The molecule has 1 aliphatic rings. The van der Waals surface area contributed by atoms with Gasteiger partial charge in [0.15, 0.2) is 0 Å². The second-order valence-electron chi connectivity index (χ2n) is 11.2. The molecule has 0 radical (unpaired) electrons. The molecule has 7 heteroatoms. The van der Waals surface area contributed by atoms with Crippen LogP contribution in [-0.4, -0.2) is 39.6 Å². The van der Waals surface area contributed by atoms with E-state index in [1.54, 1.807) is 17.7 Å². The summed E-state index contributed by atoms with van der Waals surface area (Å²) in [6.45, 7) is 11.1. The van der Waals surface area contributed by atoms with Crippen LogP contribution in [0.25, 0.3) is 23.0 Å². The molecule has 4 rings (SSSR count). The summed E-state index contributed by atoms with van der Waals surface area (Å²) in [4.78, 5) is 28.0. The SMILES string of the molecule is CCCCCCN1C(=O)C(C#N)=C(C)/C(=C\c2cn(-c3ccccc3)nc2-c2ccc(OCCC(C)C)c(C)c2)C1=O. The average molecular weight is 565 g/mol. The van der Waals surface area contributed by atoms with Gasteiger partial charge in [0.2, 0.25) is 0 Å². The Morgan fingerprint density at radius 1 is 1.02 bits per heavy atom. The van der Waals surface area contributed by atoms with E-state index in [2.05, 4.69) is 20.8 Å². The Kier molecular flexibility index (Phi) is 10.1. The molecule has 0 unspecified atom stereocenters. The van der Waals surface area contributed by atoms with E-state index in [9.17, 15) is 14.9 Å². The lowest BCUT2D eigenvalue weighted by Gasteiger charge is -2.27. The van der Waals surface area contributed by atoms with Crippen LogP contribution in [0.5, 0.6) is 5.75 Å². The number of ether oxygens (including phenoxy) is 1. The minimum absolute atomic E-state index is 0.00656. The second kappa shape index (κ2) is 14.0. The number of amides is 2. The normalized spacial score (nSPS) is 14.7. The van der Waals surface area contributed by atoms with Crippen molar-refractivity contribution in [2.24, 2.45) is 5.92 Å². The Morgan fingerprint density at radius 3 is 2.45 bits per heavy atom. The molecule has 0 N–H and O–H groups in total. The molecule has 0 spiro atoms. The lowest BCUT2D eigenvalue weighted by molar-refractivity contribution is -0.140. The summed E-state index contributed by atoms with van der Waals surface area (Å²) in [6, 6.07) is 17.8. The number of aryl methyl sites for hydroxylation is 1. The molecule has 0 saturated carbocycles. The maximum Gasteiger partial charge on any atom is 0.271 e. The fraction of sp³-hybridized carbons (Fsp3) is 0.371. The highest BCUT2D eigenvalue weighted by Crippen LogP contribution is 2.33. The van der Waals surface area contributed by atoms with Crippen LogP contribution in [0.1, 0.15) is 70.9 Å². The van der Waals surface area contributed by atoms with Gasteiger partial charge >= 0.3 is 0 Å². The summed E-state index contributed by atoms with van der Waals surface area (Å²) in [7, 11) is 0. The lowest BCUT2D eigenvalue weighted by atomic mass is 9.93. The fourth-order valence-electron chi connectivity index (χ4n) is 4.98. The average Bonchev–Trinajstić information content (AvgIpc) is 3.40. The van der Waals surface area contributed by atoms with Crippen LogP contribution >= 0.6 is 0 Å². The molecule has 0 atom stereocenters. The van der Waals surface area contributed by atoms with Gasteiger partial charge < -0.3 is 4.74 Å². The van der Waals surface area contributed by atoms with Crippen LogP contribution in [0.15, 0.2) is 71.4 Å². The van der Waals surface area contributed by atoms with E-state index in [0.29, 0.717) is 47.9 Å². The fourth-order valence-corrected chi connectivity index (χ4v) is 4.98. The molecular weight excluding hydrogens is 524 g/mol. The van der Waals surface area contributed by atoms with Gasteiger partial charge in [0, 0.05) is 29.4 Å². The smallest absolute Gasteiger partial charge is 0.271 e. The quantitative estimate of drug-likeness (QED) is 0.130. The Hall–Kier alpha value is -4.44. The van der Waals surface area contributed by atoms with Crippen molar-refractivity contribution in [2.75, 3.05) is 13.2 Å². The maximum atomic E-state index is 13.7. The summed E-state index contributed by atoms with van der Waals surface area (Å²) < 4.78 is 7.82. The molecule has 1 aliphatic heterocycles. The van der Waals surface area contributed by atoms with Crippen molar-refractivity contribution in [3.05, 3.63) is 82.6 Å². The van der Waals surface area contributed by atoms with Gasteiger partial charge in [-0.25, -0.2) is 4.68 Å². The van der Waals surface area contributed by atoms with Crippen molar-refractivity contribution in [2.45, 2.75) is 66.7 Å². The van der Waals surface area contributed by atoms with Crippen molar-refractivity contribution in [3.8, 4) is 28.8 Å². The van der Waals surface area contributed by atoms with Crippen molar-refractivity contribution in [1.82, 2.24) is 14.7 Å². The Bertz CT molecular complexity index is 1540. The number of carbonyl (C=O) groups excluding carboxylic acids is 2. The molecule has 42 heavy (non-hydrogen) atoms. The van der Waals surface area contributed by atoms with Crippen LogP contribution < -0.4 is 4.74 Å². The van der Waals surface area contributed by atoms with Gasteiger partial charge in [-0.1, -0.05) is 58.2 Å². The molecule has 7 nitrogen and oxygen atoms in total. The highest BCUT2D eigenvalue weighted by molar-refractivity contribution is 6.19. The molecule has 2 heterocycles. The Morgan fingerprint density at radius 2 is 1.79 bits per heavy atom. The molecule has 3 aromatic rings. The molecule has 2 amide bonds. The van der Waals surface area contributed by atoms with E-state index < -0.39 is 5.91 Å². The predicted octanol–water partition coefficient (Wildman–Crippen LogP) is 7.45. The third-order valence-corrected chi connectivity index (χ3v) is 7.52. The third kappa shape index (κ3) is 6.88. The van der Waals surface area contributed by atoms with E-state index in [1.807, 2.05) is 67.7 Å². The number of nitrogens with zero attached hydrogens (tertiary/aromatic N) is 4. The number of rotatable bonds is 12. The summed E-state index contributed by atoms with van der Waals surface area (Å²) in [5.74, 6) is 0.499. The van der Waals surface area contributed by atoms with E-state index in [4.69, 9.17) is 9.84 Å². The van der Waals surface area contributed by atoms with E-state index in [0.717, 1.165) is 48.2 Å². The van der Waals surface area contributed by atoms with Gasteiger partial charge in [0.05, 0.1) is 18.0 Å². The zero-order valence-electron chi connectivity index (χ0n) is 25.3. The number of hydrogen-bond acceptors (Lipinski definition) is 5. The van der Waals surface area contributed by atoms with Gasteiger partial charge in [0.25, 0.3) is 11.8 Å². The minimum atomic E-state index is -0.516. The topological polar surface area (TPSA) is 88.2 Å². The third-order valence-electron chi connectivity index (χ3n) is 7.52. The molecule has 1 aromatic heterocycles. The molecule has 0 aliphatic carbocycles. The van der Waals surface area contributed by atoms with Gasteiger partial charge in [-0.2, -0.15) is 10.4 Å². The van der Waals surface area contributed by atoms with Crippen molar-refractivity contribution in [3.63, 3.8) is 0 Å². The highest BCUT2D eigenvalue weighted by Gasteiger charge is 2.35. The first-order valence-electron chi connectivity index (χ1n) is 14.8.